The van der Waals surface area contributed by atoms with Crippen LogP contribution in [0.5, 0.6) is 5.75 Å². The molecule has 0 aliphatic rings. The van der Waals surface area contributed by atoms with Gasteiger partial charge in [0.1, 0.15) is 5.75 Å². The van der Waals surface area contributed by atoms with Crippen molar-refractivity contribution in [1.82, 2.24) is 0 Å². The van der Waals surface area contributed by atoms with Crippen LogP contribution in [0.25, 0.3) is 0 Å². The van der Waals surface area contributed by atoms with Gasteiger partial charge in [-0.25, -0.2) is 0 Å². The highest BCUT2D eigenvalue weighted by molar-refractivity contribution is 5.28. The van der Waals surface area contributed by atoms with Gasteiger partial charge in [0.05, 0.1) is 12.7 Å². The molecular formula is C11H16O2. The van der Waals surface area contributed by atoms with Crippen LogP contribution in [-0.4, -0.2) is 11.2 Å². The molecule has 2 nitrogen and oxygen atoms in total. The summed E-state index contributed by atoms with van der Waals surface area (Å²) < 4.78 is 5.59. The van der Waals surface area contributed by atoms with E-state index in [2.05, 4.69) is 6.92 Å². The van der Waals surface area contributed by atoms with Crippen LogP contribution < -0.4 is 4.74 Å². The maximum absolute atomic E-state index is 8.90. The molecule has 0 spiro atoms. The fraction of sp³-hybridized carbons (Fsp3) is 0.455. The molecule has 13 heavy (non-hydrogen) atoms. The molecule has 0 aliphatic heterocycles. The van der Waals surface area contributed by atoms with Gasteiger partial charge in [-0.05, 0) is 31.0 Å². The third-order valence-corrected chi connectivity index (χ3v) is 1.99. The fourth-order valence-corrected chi connectivity index (χ4v) is 1.03. The monoisotopic (exact) mass is 180 g/mol. The van der Waals surface area contributed by atoms with E-state index in [0.717, 1.165) is 17.7 Å². The van der Waals surface area contributed by atoms with Crippen molar-refractivity contribution in [3.63, 3.8) is 0 Å². The minimum Gasteiger partial charge on any atom is -0.491 e. The van der Waals surface area contributed by atoms with Crippen molar-refractivity contribution < 1.29 is 9.84 Å². The third-order valence-electron chi connectivity index (χ3n) is 1.99. The lowest BCUT2D eigenvalue weighted by Crippen LogP contribution is -2.09. The second kappa shape index (κ2) is 4.87. The first-order valence-corrected chi connectivity index (χ1v) is 4.62. The summed E-state index contributed by atoms with van der Waals surface area (Å²) in [7, 11) is 0. The van der Waals surface area contributed by atoms with Crippen molar-refractivity contribution in [2.24, 2.45) is 0 Å². The van der Waals surface area contributed by atoms with Crippen LogP contribution in [0, 0.1) is 0 Å². The van der Waals surface area contributed by atoms with Gasteiger partial charge in [0, 0.05) is 0 Å². The predicted octanol–water partition coefficient (Wildman–Crippen LogP) is 2.36. The van der Waals surface area contributed by atoms with Gasteiger partial charge in [0.15, 0.2) is 0 Å². The smallest absolute Gasteiger partial charge is 0.120 e. The van der Waals surface area contributed by atoms with Crippen molar-refractivity contribution in [1.29, 1.82) is 0 Å². The Morgan fingerprint density at radius 3 is 2.85 bits per heavy atom. The van der Waals surface area contributed by atoms with Crippen LogP contribution in [0.1, 0.15) is 25.8 Å². The largest absolute Gasteiger partial charge is 0.491 e. The Kier molecular flexibility index (Phi) is 3.77. The highest BCUT2D eigenvalue weighted by Crippen LogP contribution is 2.15. The molecule has 72 valence electrons. The van der Waals surface area contributed by atoms with Gasteiger partial charge >= 0.3 is 0 Å². The first-order valence-electron chi connectivity index (χ1n) is 4.62. The van der Waals surface area contributed by atoms with E-state index in [1.807, 2.05) is 31.2 Å². The quantitative estimate of drug-likeness (QED) is 0.770. The lowest BCUT2D eigenvalue weighted by atomic mass is 10.2. The summed E-state index contributed by atoms with van der Waals surface area (Å²) >= 11 is 0. The minimum atomic E-state index is 0.0672. The molecule has 1 N–H and O–H groups in total. The van der Waals surface area contributed by atoms with E-state index in [1.54, 1.807) is 0 Å². The standard InChI is InChI=1S/C11H16O2/c1-3-9(2)13-11-6-4-5-10(7-11)8-12/h4-7,9,12H,3,8H2,1-2H3. The topological polar surface area (TPSA) is 29.5 Å². The van der Waals surface area contributed by atoms with Crippen molar-refractivity contribution in [2.75, 3.05) is 0 Å². The van der Waals surface area contributed by atoms with E-state index in [-0.39, 0.29) is 12.7 Å². The average molecular weight is 180 g/mol. The first kappa shape index (κ1) is 10.1. The number of aliphatic hydroxyl groups is 1. The van der Waals surface area contributed by atoms with Crippen LogP contribution in [0.2, 0.25) is 0 Å². The number of hydrogen-bond donors (Lipinski definition) is 1. The highest BCUT2D eigenvalue weighted by atomic mass is 16.5. The molecule has 1 unspecified atom stereocenters. The number of benzene rings is 1. The second-order valence-corrected chi connectivity index (χ2v) is 3.14. The van der Waals surface area contributed by atoms with E-state index in [0.29, 0.717) is 0 Å². The molecule has 1 aromatic rings. The first-order chi connectivity index (χ1) is 6.26. The van der Waals surface area contributed by atoms with Gasteiger partial charge in [-0.1, -0.05) is 19.1 Å². The Balaban J connectivity index is 2.66. The molecule has 1 aromatic carbocycles. The zero-order valence-corrected chi connectivity index (χ0v) is 8.16. The maximum Gasteiger partial charge on any atom is 0.120 e. The van der Waals surface area contributed by atoms with Crippen molar-refractivity contribution in [3.05, 3.63) is 29.8 Å². The Morgan fingerprint density at radius 2 is 2.23 bits per heavy atom. The maximum atomic E-state index is 8.90. The van der Waals surface area contributed by atoms with E-state index in [4.69, 9.17) is 9.84 Å². The molecule has 0 heterocycles. The third kappa shape index (κ3) is 3.07. The molecule has 0 fully saturated rings. The SMILES string of the molecule is CCC(C)Oc1cccc(CO)c1. The van der Waals surface area contributed by atoms with Gasteiger partial charge in [-0.3, -0.25) is 0 Å². The number of hydrogen-bond acceptors (Lipinski definition) is 2. The van der Waals surface area contributed by atoms with Gasteiger partial charge in [0.25, 0.3) is 0 Å². The molecule has 0 aliphatic carbocycles. The lowest BCUT2D eigenvalue weighted by Gasteiger charge is -2.12. The van der Waals surface area contributed by atoms with E-state index in [9.17, 15) is 0 Å². The summed E-state index contributed by atoms with van der Waals surface area (Å²) in [6, 6.07) is 7.55. The summed E-state index contributed by atoms with van der Waals surface area (Å²) in [6.07, 6.45) is 1.22. The van der Waals surface area contributed by atoms with Crippen LogP contribution in [0.15, 0.2) is 24.3 Å². The average Bonchev–Trinajstić information content (AvgIpc) is 2.18. The van der Waals surface area contributed by atoms with Gasteiger partial charge < -0.3 is 9.84 Å². The molecule has 0 radical (unpaired) electrons. The second-order valence-electron chi connectivity index (χ2n) is 3.14. The molecule has 0 bridgehead atoms. The summed E-state index contributed by atoms with van der Waals surface area (Å²) in [5.41, 5.74) is 0.890. The summed E-state index contributed by atoms with van der Waals surface area (Å²) in [5.74, 6) is 0.834. The molecule has 2 heteroatoms. The molecule has 1 atom stereocenters. The summed E-state index contributed by atoms with van der Waals surface area (Å²) in [5, 5.41) is 8.90. The van der Waals surface area contributed by atoms with E-state index in [1.165, 1.54) is 0 Å². The van der Waals surface area contributed by atoms with Crippen molar-refractivity contribution >= 4 is 0 Å². The molecule has 0 amide bonds. The van der Waals surface area contributed by atoms with Crippen molar-refractivity contribution in [2.45, 2.75) is 33.0 Å². The van der Waals surface area contributed by atoms with Crippen LogP contribution in [-0.2, 0) is 6.61 Å². The van der Waals surface area contributed by atoms with Gasteiger partial charge in [-0.2, -0.15) is 0 Å². The molecule has 0 saturated carbocycles. The van der Waals surface area contributed by atoms with E-state index < -0.39 is 0 Å². The van der Waals surface area contributed by atoms with Gasteiger partial charge in [-0.15, -0.1) is 0 Å². The Labute approximate surface area is 79.2 Å². The molecule has 1 rings (SSSR count). The van der Waals surface area contributed by atoms with Gasteiger partial charge in [0.2, 0.25) is 0 Å². The molecule has 0 saturated heterocycles. The Morgan fingerprint density at radius 1 is 1.46 bits per heavy atom. The Bertz CT molecular complexity index is 258. The highest BCUT2D eigenvalue weighted by Gasteiger charge is 2.00. The zero-order chi connectivity index (χ0) is 9.68. The predicted molar refractivity (Wildman–Crippen MR) is 52.7 cm³/mol. The van der Waals surface area contributed by atoms with Crippen molar-refractivity contribution in [3.8, 4) is 5.75 Å². The number of aliphatic hydroxyl groups excluding tert-OH is 1. The van der Waals surface area contributed by atoms with Crippen LogP contribution in [0.3, 0.4) is 0 Å². The minimum absolute atomic E-state index is 0.0672. The summed E-state index contributed by atoms with van der Waals surface area (Å²) in [6.45, 7) is 4.18. The molecular weight excluding hydrogens is 164 g/mol. The van der Waals surface area contributed by atoms with E-state index >= 15 is 0 Å². The normalized spacial score (nSPS) is 12.5. The summed E-state index contributed by atoms with van der Waals surface area (Å²) in [4.78, 5) is 0. The van der Waals surface area contributed by atoms with Crippen LogP contribution in [0.4, 0.5) is 0 Å². The van der Waals surface area contributed by atoms with Crippen LogP contribution >= 0.6 is 0 Å². The lowest BCUT2D eigenvalue weighted by molar-refractivity contribution is 0.216. The molecule has 0 aromatic heterocycles. The Hall–Kier alpha value is -1.02. The number of rotatable bonds is 4. The number of ether oxygens (including phenoxy) is 1. The zero-order valence-electron chi connectivity index (χ0n) is 8.16. The fourth-order valence-electron chi connectivity index (χ4n) is 1.03.